The van der Waals surface area contributed by atoms with E-state index in [4.69, 9.17) is 16.2 Å². The number of nitrogens with zero attached hydrogens (tertiary/aromatic N) is 5. The monoisotopic (exact) mass is 983 g/mol. The van der Waals surface area contributed by atoms with Crippen molar-refractivity contribution in [3.05, 3.63) is 72.0 Å². The molecule has 0 saturated carbocycles. The average molecular weight is 984 g/mol. The number of sulfone groups is 1. The number of halogens is 1. The Morgan fingerprint density at radius 3 is 1.80 bits per heavy atom. The first-order chi connectivity index (χ1) is 25.8. The third kappa shape index (κ3) is 15.0. The molecule has 0 aliphatic heterocycles. The Bertz CT molecular complexity index is 3010. The molecule has 0 bridgehead atoms. The van der Waals surface area contributed by atoms with E-state index in [0.29, 0.717) is 18.2 Å². The van der Waals surface area contributed by atoms with Gasteiger partial charge in [0.15, 0.2) is 9.84 Å². The van der Waals surface area contributed by atoms with Crippen LogP contribution in [-0.4, -0.2) is 87.6 Å². The Labute approximate surface area is 434 Å². The van der Waals surface area contributed by atoms with Crippen molar-refractivity contribution in [2.75, 3.05) is 23.0 Å². The first-order valence-corrected chi connectivity index (χ1v) is 22.0. The van der Waals surface area contributed by atoms with Crippen LogP contribution in [0.15, 0.2) is 96.5 Å². The predicted molar refractivity (Wildman–Crippen MR) is 185 cm³/mol. The predicted octanol–water partition coefficient (Wildman–Crippen LogP) is -10.0. The second kappa shape index (κ2) is 22.3. The van der Waals surface area contributed by atoms with Gasteiger partial charge in [0.1, 0.15) is 36.0 Å². The molecule has 5 rings (SSSR count). The largest absolute Gasteiger partial charge is 1.00 e. The Morgan fingerprint density at radius 1 is 0.683 bits per heavy atom. The molecule has 1 aromatic heterocycles. The Balaban J connectivity index is 0.00000450. The molecule has 0 amide bonds. The average Bonchev–Trinajstić information content (AvgIpc) is 3.05. The summed E-state index contributed by atoms with van der Waals surface area (Å²) in [5.74, 6) is -3.37. The molecular weight excluding hydrogens is 966 g/mol. The van der Waals surface area contributed by atoms with E-state index in [1.165, 1.54) is 24.3 Å². The zero-order valence-electron chi connectivity index (χ0n) is 31.0. The number of nitrogens with one attached hydrogen (secondary N) is 2. The second-order valence-electron chi connectivity index (χ2n) is 10.7. The van der Waals surface area contributed by atoms with E-state index >= 15 is 0 Å². The first kappa shape index (κ1) is 57.0. The molecule has 0 spiro atoms. The topological polar surface area (TPSA) is 380 Å². The number of hydrogen-bond donors (Lipinski definition) is 3. The molecule has 298 valence electrons. The maximum atomic E-state index is 14.0. The minimum atomic E-state index is -5.66. The summed E-state index contributed by atoms with van der Waals surface area (Å²) in [5.41, 5.74) is -2.24. The summed E-state index contributed by atoms with van der Waals surface area (Å²) >= 11 is 6.02. The fourth-order valence-electron chi connectivity index (χ4n) is 4.65. The molecule has 0 fully saturated rings. The molecule has 0 unspecified atom stereocenters. The van der Waals surface area contributed by atoms with Crippen LogP contribution in [0.1, 0.15) is 0 Å². The standard InChI is InChI=1S/C27H22ClN7O16S5.4Na/c28-25-31-26(29-15-5-7-16(8-6-15)53(39,40)41)33-27(32-25)30-19-13-17(54(42,43)44)11-14-12-21(55(45,46)47)23(24(36)22(14)19)35-34-18-3-1-2-4-20(18)52(37,38)10-9-51-56(48,49)50;;;;/h1-8,11-13,36H,9-10H2,(H,39,40,41)(H,42,43,44)(H,45,46,47)(H,48,49,50)(H2,29,30,31,32,33);;;;/q;4*+1/p-4. The van der Waals surface area contributed by atoms with Crippen LogP contribution < -0.4 is 134 Å². The summed E-state index contributed by atoms with van der Waals surface area (Å²) in [7, 11) is -25.3. The molecule has 3 N–H and O–H groups in total. The third-order valence-corrected chi connectivity index (χ3v) is 11.8. The van der Waals surface area contributed by atoms with Gasteiger partial charge in [-0.3, -0.25) is 4.55 Å². The number of fused-ring (bicyclic) bond motifs is 1. The summed E-state index contributed by atoms with van der Waals surface area (Å²) in [6.45, 7) is -1.04. The van der Waals surface area contributed by atoms with Crippen LogP contribution in [0.5, 0.6) is 5.75 Å². The van der Waals surface area contributed by atoms with Gasteiger partial charge < -0.3 is 29.4 Å². The Kier molecular flexibility index (Phi) is 21.1. The van der Waals surface area contributed by atoms with Crippen molar-refractivity contribution >= 4 is 108 Å². The van der Waals surface area contributed by atoms with Crippen LogP contribution in [0, 0.1) is 0 Å². The van der Waals surface area contributed by atoms with Crippen LogP contribution >= 0.6 is 11.6 Å². The van der Waals surface area contributed by atoms with Crippen molar-refractivity contribution in [2.45, 2.75) is 19.6 Å². The van der Waals surface area contributed by atoms with Gasteiger partial charge in [0.2, 0.25) is 17.2 Å². The third-order valence-electron chi connectivity index (χ3n) is 6.96. The van der Waals surface area contributed by atoms with Crippen LogP contribution in [-0.2, 0) is 54.8 Å². The van der Waals surface area contributed by atoms with Crippen molar-refractivity contribution in [1.29, 1.82) is 0 Å². The van der Waals surface area contributed by atoms with Gasteiger partial charge in [0.05, 0.1) is 37.6 Å². The van der Waals surface area contributed by atoms with E-state index in [1.54, 1.807) is 0 Å². The van der Waals surface area contributed by atoms with Gasteiger partial charge in [-0.15, -0.1) is 10.2 Å². The maximum absolute atomic E-state index is 14.0. The van der Waals surface area contributed by atoms with Gasteiger partial charge in [0.25, 0.3) is 0 Å². The Hall–Kier alpha value is -1.01. The molecule has 0 atom stereocenters. The molecule has 0 radical (unpaired) electrons. The Morgan fingerprint density at radius 2 is 1.25 bits per heavy atom. The summed E-state index contributed by atoms with van der Waals surface area (Å²) in [5, 5.41) is 24.5. The fourth-order valence-corrected chi connectivity index (χ4v) is 8.09. The second-order valence-corrected chi connectivity index (χ2v) is 18.4. The van der Waals surface area contributed by atoms with Crippen LogP contribution in [0.2, 0.25) is 5.28 Å². The molecule has 4 aromatic carbocycles. The number of rotatable bonds is 14. The molecule has 0 aliphatic rings. The summed E-state index contributed by atoms with van der Waals surface area (Å²) in [6, 6.07) is 10.4. The van der Waals surface area contributed by atoms with Crippen LogP contribution in [0.25, 0.3) is 10.8 Å². The van der Waals surface area contributed by atoms with Gasteiger partial charge >= 0.3 is 129 Å². The van der Waals surface area contributed by atoms with Gasteiger partial charge in [-0.25, -0.2) is 37.9 Å². The van der Waals surface area contributed by atoms with Crippen LogP contribution in [0.3, 0.4) is 0 Å². The van der Waals surface area contributed by atoms with Crippen molar-refractivity contribution < 1.29 is 188 Å². The number of benzene rings is 4. The summed E-state index contributed by atoms with van der Waals surface area (Å²) < 4.78 is 167. The zero-order chi connectivity index (χ0) is 41.4. The molecule has 0 saturated heterocycles. The van der Waals surface area contributed by atoms with E-state index < -0.39 is 127 Å². The number of anilines is 4. The quantitative estimate of drug-likeness (QED) is 0.0528. The number of hydrogen-bond acceptors (Lipinski definition) is 22. The fraction of sp³-hybridized carbons (Fsp3) is 0.0741. The van der Waals surface area contributed by atoms with Crippen molar-refractivity contribution in [2.24, 2.45) is 10.2 Å². The van der Waals surface area contributed by atoms with Gasteiger partial charge in [0, 0.05) is 11.4 Å². The molecule has 23 nitrogen and oxygen atoms in total. The van der Waals surface area contributed by atoms with E-state index in [9.17, 15) is 60.9 Å². The number of aromatic nitrogens is 3. The van der Waals surface area contributed by atoms with Crippen molar-refractivity contribution in [3.63, 3.8) is 0 Å². The van der Waals surface area contributed by atoms with Gasteiger partial charge in [-0.2, -0.15) is 23.4 Å². The summed E-state index contributed by atoms with van der Waals surface area (Å²) in [6.07, 6.45) is 0. The number of azo groups is 1. The molecule has 1 heterocycles. The van der Waals surface area contributed by atoms with Crippen molar-refractivity contribution in [1.82, 2.24) is 15.0 Å². The van der Waals surface area contributed by atoms with Crippen LogP contribution in [0.4, 0.5) is 34.6 Å². The van der Waals surface area contributed by atoms with E-state index in [-0.39, 0.29) is 130 Å². The maximum Gasteiger partial charge on any atom is 1.00 e. The SMILES string of the molecule is O=S(=O)(O)OCCS(=O)(=O)c1ccccc1N=Nc1c(S(=O)(=O)[O-])cc2cc(S(=O)(=O)[O-])cc(Nc3nc(Cl)nc(Nc4ccc(S(=O)(=O)[O-])cc4)n3)c2c1[O-].[Na+].[Na+].[Na+].[Na+]. The van der Waals surface area contributed by atoms with Gasteiger partial charge in [-0.1, -0.05) is 17.9 Å². The smallest absolute Gasteiger partial charge is 0.870 e. The molecular formula is C27H18ClN7Na4O16S5. The molecule has 60 heavy (non-hydrogen) atoms. The van der Waals surface area contributed by atoms with Crippen molar-refractivity contribution in [3.8, 4) is 5.75 Å². The molecule has 33 heteroatoms. The van der Waals surface area contributed by atoms with E-state index in [0.717, 1.165) is 24.3 Å². The van der Waals surface area contributed by atoms with Gasteiger partial charge in [-0.05, 0) is 77.0 Å². The molecule has 0 aliphatic carbocycles. The normalized spacial score (nSPS) is 12.1. The minimum absolute atomic E-state index is 0. The van der Waals surface area contributed by atoms with E-state index in [1.807, 2.05) is 0 Å². The molecule has 5 aromatic rings. The first-order valence-electron chi connectivity index (χ1n) is 14.4. The summed E-state index contributed by atoms with van der Waals surface area (Å²) in [4.78, 5) is 8.02. The minimum Gasteiger partial charge on any atom is -0.870 e. The zero-order valence-corrected chi connectivity index (χ0v) is 43.8. The van der Waals surface area contributed by atoms with E-state index in [2.05, 4.69) is 40.0 Å².